The van der Waals surface area contributed by atoms with E-state index in [0.717, 1.165) is 25.2 Å². The van der Waals surface area contributed by atoms with Gasteiger partial charge in [0, 0.05) is 30.9 Å². The van der Waals surface area contributed by atoms with Gasteiger partial charge in [-0.15, -0.1) is 0 Å². The molecule has 2 nitrogen and oxygen atoms in total. The van der Waals surface area contributed by atoms with Crippen molar-refractivity contribution in [2.75, 3.05) is 11.4 Å². The van der Waals surface area contributed by atoms with E-state index in [2.05, 4.69) is 29.2 Å². The molecule has 0 saturated carbocycles. The fraction of sp³-hybridized carbons (Fsp3) is 0.250. The summed E-state index contributed by atoms with van der Waals surface area (Å²) in [6, 6.07) is 13.8. The zero-order valence-corrected chi connectivity index (χ0v) is 10.8. The molecule has 1 aliphatic heterocycles. The molecule has 1 aliphatic rings. The first-order valence-corrected chi connectivity index (χ1v) is 6.58. The van der Waals surface area contributed by atoms with Crippen LogP contribution in [0.3, 0.4) is 0 Å². The minimum absolute atomic E-state index is 0.209. The van der Waals surface area contributed by atoms with Gasteiger partial charge in [-0.1, -0.05) is 30.3 Å². The molecule has 0 atom stereocenters. The van der Waals surface area contributed by atoms with E-state index in [1.54, 1.807) is 12.1 Å². The van der Waals surface area contributed by atoms with Crippen molar-refractivity contribution < 1.29 is 4.39 Å². The van der Waals surface area contributed by atoms with E-state index < -0.39 is 0 Å². The molecule has 2 aromatic rings. The standard InChI is InChI=1S/C16H17FN2/c17-16-9-15(6-5-13(16)10-18)19-8-7-12-3-1-2-4-14(12)11-19/h1-6,9H,7-8,10-11,18H2. The van der Waals surface area contributed by atoms with Crippen LogP contribution in [0.1, 0.15) is 16.7 Å². The molecule has 0 bridgehead atoms. The van der Waals surface area contributed by atoms with Crippen molar-refractivity contribution in [3.8, 4) is 0 Å². The van der Waals surface area contributed by atoms with Gasteiger partial charge >= 0.3 is 0 Å². The first-order valence-electron chi connectivity index (χ1n) is 6.58. The Kier molecular flexibility index (Phi) is 3.22. The van der Waals surface area contributed by atoms with Crippen molar-refractivity contribution in [1.82, 2.24) is 0 Å². The summed E-state index contributed by atoms with van der Waals surface area (Å²) in [4.78, 5) is 2.21. The van der Waals surface area contributed by atoms with Gasteiger partial charge in [-0.3, -0.25) is 0 Å². The molecule has 0 aliphatic carbocycles. The summed E-state index contributed by atoms with van der Waals surface area (Å²) < 4.78 is 13.8. The fourth-order valence-electron chi connectivity index (χ4n) is 2.61. The van der Waals surface area contributed by atoms with Crippen LogP contribution in [0.25, 0.3) is 0 Å². The SMILES string of the molecule is NCc1ccc(N2CCc3ccccc3C2)cc1F. The lowest BCUT2D eigenvalue weighted by Crippen LogP contribution is -2.30. The number of nitrogens with two attached hydrogens (primary N) is 1. The molecule has 3 heteroatoms. The number of hydrogen-bond acceptors (Lipinski definition) is 2. The topological polar surface area (TPSA) is 29.3 Å². The summed E-state index contributed by atoms with van der Waals surface area (Å²) in [5.74, 6) is -0.209. The quantitative estimate of drug-likeness (QED) is 0.895. The van der Waals surface area contributed by atoms with Crippen molar-refractivity contribution in [2.45, 2.75) is 19.5 Å². The summed E-state index contributed by atoms with van der Waals surface area (Å²) in [7, 11) is 0. The van der Waals surface area contributed by atoms with Crippen molar-refractivity contribution in [1.29, 1.82) is 0 Å². The van der Waals surface area contributed by atoms with Gasteiger partial charge in [-0.2, -0.15) is 0 Å². The molecule has 1 heterocycles. The third kappa shape index (κ3) is 2.34. The zero-order chi connectivity index (χ0) is 13.2. The van der Waals surface area contributed by atoms with Crippen LogP contribution in [-0.4, -0.2) is 6.54 Å². The molecule has 0 spiro atoms. The highest BCUT2D eigenvalue weighted by Gasteiger charge is 2.16. The highest BCUT2D eigenvalue weighted by molar-refractivity contribution is 5.51. The smallest absolute Gasteiger partial charge is 0.129 e. The van der Waals surface area contributed by atoms with E-state index in [0.29, 0.717) is 5.56 Å². The minimum atomic E-state index is -0.209. The van der Waals surface area contributed by atoms with E-state index in [1.807, 2.05) is 6.07 Å². The Morgan fingerprint density at radius 2 is 1.89 bits per heavy atom. The molecule has 0 radical (unpaired) electrons. The maximum absolute atomic E-state index is 13.8. The average molecular weight is 256 g/mol. The Morgan fingerprint density at radius 3 is 2.63 bits per heavy atom. The molecule has 2 N–H and O–H groups in total. The molecule has 0 saturated heterocycles. The Bertz CT molecular complexity index is 595. The lowest BCUT2D eigenvalue weighted by Gasteiger charge is -2.30. The van der Waals surface area contributed by atoms with E-state index in [-0.39, 0.29) is 12.4 Å². The van der Waals surface area contributed by atoms with E-state index >= 15 is 0 Å². The summed E-state index contributed by atoms with van der Waals surface area (Å²) >= 11 is 0. The van der Waals surface area contributed by atoms with Crippen LogP contribution in [0, 0.1) is 5.82 Å². The second-order valence-electron chi connectivity index (χ2n) is 4.92. The number of nitrogens with zero attached hydrogens (tertiary/aromatic N) is 1. The van der Waals surface area contributed by atoms with Crippen LogP contribution < -0.4 is 10.6 Å². The van der Waals surface area contributed by atoms with Crippen LogP contribution in [0.2, 0.25) is 0 Å². The third-order valence-electron chi connectivity index (χ3n) is 3.75. The molecule has 0 unspecified atom stereocenters. The second kappa shape index (κ2) is 5.02. The van der Waals surface area contributed by atoms with Crippen molar-refractivity contribution in [2.24, 2.45) is 5.73 Å². The summed E-state index contributed by atoms with van der Waals surface area (Å²) in [5, 5.41) is 0. The largest absolute Gasteiger partial charge is 0.367 e. The Hall–Kier alpha value is -1.87. The van der Waals surface area contributed by atoms with E-state index in [9.17, 15) is 4.39 Å². The first kappa shape index (κ1) is 12.2. The van der Waals surface area contributed by atoms with E-state index in [4.69, 9.17) is 5.73 Å². The Labute approximate surface area is 112 Å². The van der Waals surface area contributed by atoms with Gasteiger partial charge in [-0.25, -0.2) is 4.39 Å². The Morgan fingerprint density at radius 1 is 1.11 bits per heavy atom. The molecule has 0 fully saturated rings. The predicted octanol–water partition coefficient (Wildman–Crippen LogP) is 2.85. The van der Waals surface area contributed by atoms with Gasteiger partial charge in [0.05, 0.1) is 0 Å². The number of fused-ring (bicyclic) bond motifs is 1. The van der Waals surface area contributed by atoms with Crippen LogP contribution in [0.15, 0.2) is 42.5 Å². The van der Waals surface area contributed by atoms with Crippen molar-refractivity contribution in [3.05, 3.63) is 65.0 Å². The van der Waals surface area contributed by atoms with Gasteiger partial charge in [0.25, 0.3) is 0 Å². The number of halogens is 1. The highest BCUT2D eigenvalue weighted by atomic mass is 19.1. The lowest BCUT2D eigenvalue weighted by atomic mass is 9.99. The monoisotopic (exact) mass is 256 g/mol. The van der Waals surface area contributed by atoms with Crippen LogP contribution in [0.5, 0.6) is 0 Å². The maximum Gasteiger partial charge on any atom is 0.129 e. The van der Waals surface area contributed by atoms with Gasteiger partial charge in [-0.05, 0) is 29.7 Å². The molecule has 98 valence electrons. The predicted molar refractivity (Wildman–Crippen MR) is 75.5 cm³/mol. The van der Waals surface area contributed by atoms with Gasteiger partial charge in [0.15, 0.2) is 0 Å². The molecule has 0 aromatic heterocycles. The lowest BCUT2D eigenvalue weighted by molar-refractivity contribution is 0.608. The van der Waals surface area contributed by atoms with E-state index in [1.165, 1.54) is 11.1 Å². The minimum Gasteiger partial charge on any atom is -0.367 e. The number of anilines is 1. The second-order valence-corrected chi connectivity index (χ2v) is 4.92. The molecule has 2 aromatic carbocycles. The zero-order valence-electron chi connectivity index (χ0n) is 10.8. The molecule has 3 rings (SSSR count). The van der Waals surface area contributed by atoms with Crippen LogP contribution in [0.4, 0.5) is 10.1 Å². The Balaban J connectivity index is 1.87. The summed E-state index contributed by atoms with van der Waals surface area (Å²) in [5.41, 5.74) is 9.73. The normalized spacial score (nSPS) is 14.3. The van der Waals surface area contributed by atoms with Crippen LogP contribution >= 0.6 is 0 Å². The van der Waals surface area contributed by atoms with Crippen molar-refractivity contribution >= 4 is 5.69 Å². The number of hydrogen-bond donors (Lipinski definition) is 1. The first-order chi connectivity index (χ1) is 9.28. The van der Waals surface area contributed by atoms with Gasteiger partial charge in [0.2, 0.25) is 0 Å². The molecule has 19 heavy (non-hydrogen) atoms. The molecule has 0 amide bonds. The molecular weight excluding hydrogens is 239 g/mol. The fourth-order valence-corrected chi connectivity index (χ4v) is 2.61. The van der Waals surface area contributed by atoms with Gasteiger partial charge < -0.3 is 10.6 Å². The maximum atomic E-state index is 13.8. The summed E-state index contributed by atoms with van der Waals surface area (Å²) in [6.07, 6.45) is 1.01. The average Bonchev–Trinajstić information content (AvgIpc) is 2.46. The van der Waals surface area contributed by atoms with Gasteiger partial charge in [0.1, 0.15) is 5.82 Å². The summed E-state index contributed by atoms with van der Waals surface area (Å²) in [6.45, 7) is 2.02. The highest BCUT2D eigenvalue weighted by Crippen LogP contribution is 2.25. The molecular formula is C16H17FN2. The number of rotatable bonds is 2. The number of benzene rings is 2. The van der Waals surface area contributed by atoms with Crippen LogP contribution in [-0.2, 0) is 19.5 Å². The third-order valence-corrected chi connectivity index (χ3v) is 3.75. The van der Waals surface area contributed by atoms with Crippen molar-refractivity contribution in [3.63, 3.8) is 0 Å².